The van der Waals surface area contributed by atoms with E-state index in [1.165, 1.54) is 9.91 Å². The lowest BCUT2D eigenvalue weighted by Crippen LogP contribution is -2.36. The van der Waals surface area contributed by atoms with E-state index in [4.69, 9.17) is 5.84 Å². The van der Waals surface area contributed by atoms with Crippen molar-refractivity contribution in [3.05, 3.63) is 61.2 Å². The van der Waals surface area contributed by atoms with Crippen LogP contribution in [-0.2, 0) is 9.59 Å². The topological polar surface area (TPSA) is 94.8 Å². The quantitative estimate of drug-likeness (QED) is 0.294. The summed E-state index contributed by atoms with van der Waals surface area (Å²) in [4.78, 5) is 31.2. The highest BCUT2D eigenvalue weighted by molar-refractivity contribution is 5.79. The SMILES string of the molecule is C=CNCC(=C)N(N)/C(=C\CN(CC=O)C(=O)CCN(C)C)c1ccccn1. The minimum Gasteiger partial charge on any atom is -0.386 e. The second-order valence-electron chi connectivity index (χ2n) is 6.34. The van der Waals surface area contributed by atoms with Crippen molar-refractivity contribution in [3.8, 4) is 0 Å². The van der Waals surface area contributed by atoms with Gasteiger partial charge in [-0.15, -0.1) is 0 Å². The van der Waals surface area contributed by atoms with Crippen LogP contribution >= 0.6 is 0 Å². The van der Waals surface area contributed by atoms with Crippen molar-refractivity contribution in [2.45, 2.75) is 6.42 Å². The van der Waals surface area contributed by atoms with Gasteiger partial charge in [0.1, 0.15) is 6.29 Å². The lowest BCUT2D eigenvalue weighted by atomic mass is 10.2. The number of aldehydes is 1. The van der Waals surface area contributed by atoms with Crippen LogP contribution in [0.1, 0.15) is 12.1 Å². The van der Waals surface area contributed by atoms with Crippen molar-refractivity contribution >= 4 is 17.9 Å². The predicted octanol–water partition coefficient (Wildman–Crippen LogP) is 0.824. The number of nitrogens with zero attached hydrogens (tertiary/aromatic N) is 4. The van der Waals surface area contributed by atoms with Crippen LogP contribution in [0.3, 0.4) is 0 Å². The zero-order chi connectivity index (χ0) is 20.9. The molecule has 1 heterocycles. The Bertz CT molecular complexity index is 687. The Hall–Kier alpha value is -2.97. The van der Waals surface area contributed by atoms with Gasteiger partial charge < -0.3 is 19.9 Å². The first kappa shape index (κ1) is 23.1. The van der Waals surface area contributed by atoms with Gasteiger partial charge in [0.05, 0.1) is 24.5 Å². The molecule has 152 valence electrons. The van der Waals surface area contributed by atoms with E-state index in [0.29, 0.717) is 36.6 Å². The summed E-state index contributed by atoms with van der Waals surface area (Å²) in [6.45, 7) is 8.83. The minimum atomic E-state index is -0.104. The number of hydrazine groups is 1. The molecule has 0 aliphatic carbocycles. The second-order valence-corrected chi connectivity index (χ2v) is 6.34. The summed E-state index contributed by atoms with van der Waals surface area (Å²) in [7, 11) is 3.79. The van der Waals surface area contributed by atoms with E-state index < -0.39 is 0 Å². The fourth-order valence-electron chi connectivity index (χ4n) is 2.33. The monoisotopic (exact) mass is 386 g/mol. The van der Waals surface area contributed by atoms with Crippen molar-refractivity contribution in [3.63, 3.8) is 0 Å². The van der Waals surface area contributed by atoms with Gasteiger partial charge >= 0.3 is 0 Å². The molecule has 3 N–H and O–H groups in total. The minimum absolute atomic E-state index is 0.0157. The first-order valence-electron chi connectivity index (χ1n) is 8.95. The maximum absolute atomic E-state index is 12.4. The number of amides is 1. The highest BCUT2D eigenvalue weighted by Crippen LogP contribution is 2.17. The molecule has 0 atom stereocenters. The number of hydrogen-bond donors (Lipinski definition) is 2. The highest BCUT2D eigenvalue weighted by Gasteiger charge is 2.16. The van der Waals surface area contributed by atoms with Gasteiger partial charge in [-0.25, -0.2) is 5.84 Å². The molecule has 8 heteroatoms. The van der Waals surface area contributed by atoms with E-state index in [2.05, 4.69) is 23.5 Å². The number of pyridine rings is 1. The second kappa shape index (κ2) is 12.4. The van der Waals surface area contributed by atoms with Gasteiger partial charge in [0.25, 0.3) is 0 Å². The number of aromatic nitrogens is 1. The van der Waals surface area contributed by atoms with Crippen molar-refractivity contribution in [2.75, 3.05) is 40.3 Å². The molecule has 0 saturated heterocycles. The molecule has 1 aromatic rings. The van der Waals surface area contributed by atoms with Crippen LogP contribution in [0.5, 0.6) is 0 Å². The van der Waals surface area contributed by atoms with E-state index in [9.17, 15) is 9.59 Å². The third kappa shape index (κ3) is 7.73. The summed E-state index contributed by atoms with van der Waals surface area (Å²) >= 11 is 0. The van der Waals surface area contributed by atoms with Gasteiger partial charge in [0.15, 0.2) is 0 Å². The maximum atomic E-state index is 12.4. The summed E-state index contributed by atoms with van der Waals surface area (Å²) in [5, 5.41) is 4.36. The smallest absolute Gasteiger partial charge is 0.224 e. The molecule has 0 fully saturated rings. The van der Waals surface area contributed by atoms with Crippen LogP contribution < -0.4 is 11.2 Å². The largest absolute Gasteiger partial charge is 0.386 e. The van der Waals surface area contributed by atoms with Crippen LogP contribution in [-0.4, -0.2) is 72.3 Å². The average Bonchev–Trinajstić information content (AvgIpc) is 2.70. The highest BCUT2D eigenvalue weighted by atomic mass is 16.2. The number of nitrogens with one attached hydrogen (secondary N) is 1. The molecule has 1 aromatic heterocycles. The Morgan fingerprint density at radius 3 is 2.64 bits per heavy atom. The molecular formula is C20H30N6O2. The molecule has 0 bridgehead atoms. The third-order valence-corrected chi connectivity index (χ3v) is 3.90. The van der Waals surface area contributed by atoms with E-state index in [0.717, 1.165) is 6.29 Å². The number of carbonyl (C=O) groups is 2. The molecule has 0 unspecified atom stereocenters. The molecule has 1 amide bonds. The van der Waals surface area contributed by atoms with Gasteiger partial charge in [-0.1, -0.05) is 19.2 Å². The van der Waals surface area contributed by atoms with E-state index in [1.807, 2.05) is 31.1 Å². The number of carbonyl (C=O) groups excluding carboxylic acids is 2. The maximum Gasteiger partial charge on any atom is 0.224 e. The Labute approximate surface area is 167 Å². The molecule has 0 aliphatic heterocycles. The van der Waals surface area contributed by atoms with E-state index in [-0.39, 0.29) is 19.0 Å². The van der Waals surface area contributed by atoms with Crippen LogP contribution in [0, 0.1) is 0 Å². The average molecular weight is 387 g/mol. The zero-order valence-corrected chi connectivity index (χ0v) is 16.7. The first-order valence-corrected chi connectivity index (χ1v) is 8.95. The molecule has 0 aliphatic rings. The van der Waals surface area contributed by atoms with E-state index in [1.54, 1.807) is 24.5 Å². The van der Waals surface area contributed by atoms with Crippen molar-refractivity contribution < 1.29 is 9.59 Å². The van der Waals surface area contributed by atoms with Gasteiger partial charge in [-0.2, -0.15) is 0 Å². The van der Waals surface area contributed by atoms with Gasteiger partial charge in [0.2, 0.25) is 5.91 Å². The van der Waals surface area contributed by atoms with Gasteiger partial charge in [-0.3, -0.25) is 14.8 Å². The Morgan fingerprint density at radius 1 is 1.32 bits per heavy atom. The molecule has 8 nitrogen and oxygen atoms in total. The number of hydrogen-bond acceptors (Lipinski definition) is 7. The standard InChI is InChI=1S/C20H30N6O2/c1-5-22-16-17(2)26(21)19(18-8-6-7-11-23-18)9-13-25(14-15-27)20(28)10-12-24(3)4/h5-9,11,15,22H,1-2,10,12-14,16,21H2,3-4H3/b19-9-. The van der Waals surface area contributed by atoms with Gasteiger partial charge in [-0.05, 0) is 38.5 Å². The number of nitrogens with two attached hydrogens (primary N) is 1. The molecule has 0 saturated carbocycles. The van der Waals surface area contributed by atoms with E-state index >= 15 is 0 Å². The summed E-state index contributed by atoms with van der Waals surface area (Å²) in [5.74, 6) is 6.14. The third-order valence-electron chi connectivity index (χ3n) is 3.90. The molecule has 1 rings (SSSR count). The van der Waals surface area contributed by atoms with Crippen molar-refractivity contribution in [1.29, 1.82) is 0 Å². The normalized spacial score (nSPS) is 11.1. The Balaban J connectivity index is 3.05. The van der Waals surface area contributed by atoms with Crippen molar-refractivity contribution in [2.24, 2.45) is 5.84 Å². The molecule has 28 heavy (non-hydrogen) atoms. The first-order chi connectivity index (χ1) is 13.4. The van der Waals surface area contributed by atoms with Crippen LogP contribution in [0.15, 0.2) is 55.5 Å². The lowest BCUT2D eigenvalue weighted by Gasteiger charge is -2.25. The predicted molar refractivity (Wildman–Crippen MR) is 111 cm³/mol. The summed E-state index contributed by atoms with van der Waals surface area (Å²) in [6, 6.07) is 5.47. The summed E-state index contributed by atoms with van der Waals surface area (Å²) in [6.07, 6.45) is 6.04. The Morgan fingerprint density at radius 2 is 2.07 bits per heavy atom. The van der Waals surface area contributed by atoms with Crippen molar-refractivity contribution in [1.82, 2.24) is 25.1 Å². The molecule has 0 spiro atoms. The summed E-state index contributed by atoms with van der Waals surface area (Å²) < 4.78 is 0. The van der Waals surface area contributed by atoms with Crippen LogP contribution in [0.2, 0.25) is 0 Å². The van der Waals surface area contributed by atoms with Gasteiger partial charge in [0, 0.05) is 31.4 Å². The fraction of sp³-hybridized carbons (Fsp3) is 0.350. The van der Waals surface area contributed by atoms with Crippen LogP contribution in [0.4, 0.5) is 0 Å². The van der Waals surface area contributed by atoms with Crippen LogP contribution in [0.25, 0.3) is 5.70 Å². The lowest BCUT2D eigenvalue weighted by molar-refractivity contribution is -0.132. The fourth-order valence-corrected chi connectivity index (χ4v) is 2.33. The number of rotatable bonds is 13. The zero-order valence-electron chi connectivity index (χ0n) is 16.7. The Kier molecular flexibility index (Phi) is 10.2. The molecular weight excluding hydrogens is 356 g/mol. The molecule has 0 aromatic carbocycles. The molecule has 0 radical (unpaired) electrons. The summed E-state index contributed by atoms with van der Waals surface area (Å²) in [5.41, 5.74) is 1.82.